The van der Waals surface area contributed by atoms with Crippen molar-refractivity contribution >= 4 is 17.6 Å². The third-order valence-corrected chi connectivity index (χ3v) is 3.30. The van der Waals surface area contributed by atoms with E-state index in [4.69, 9.17) is 9.84 Å². The first kappa shape index (κ1) is 14.6. The monoisotopic (exact) mass is 288 g/mol. The number of amides is 1. The van der Waals surface area contributed by atoms with E-state index in [9.17, 15) is 9.59 Å². The van der Waals surface area contributed by atoms with Crippen LogP contribution in [0.15, 0.2) is 30.3 Å². The summed E-state index contributed by atoms with van der Waals surface area (Å²) in [6, 6.07) is 7.84. The molecule has 1 heterocycles. The van der Waals surface area contributed by atoms with Gasteiger partial charge in [0.2, 0.25) is 0 Å². The molecule has 0 spiro atoms. The minimum atomic E-state index is -1.07. The maximum atomic E-state index is 12.3. The average molecular weight is 288 g/mol. The van der Waals surface area contributed by atoms with Gasteiger partial charge in [-0.1, -0.05) is 0 Å². The molecule has 0 bridgehead atoms. The quantitative estimate of drug-likeness (QED) is 0.904. The molecule has 0 atom stereocenters. The number of rotatable bonds is 4. The van der Waals surface area contributed by atoms with Crippen molar-refractivity contribution in [3.05, 3.63) is 47.3 Å². The van der Waals surface area contributed by atoms with E-state index >= 15 is 0 Å². The van der Waals surface area contributed by atoms with Gasteiger partial charge in [-0.3, -0.25) is 4.79 Å². The van der Waals surface area contributed by atoms with Gasteiger partial charge in [0, 0.05) is 12.7 Å². The minimum absolute atomic E-state index is 0.0779. The Labute approximate surface area is 122 Å². The standard InChI is InChI=1S/C15H16N2O4/c1-9-4-6-12(17(9)2)14(18)16-11-8-10(15(19)20)5-7-13(11)21-3/h4-8H,1-3H3,(H,16,18)(H,19,20). The minimum Gasteiger partial charge on any atom is -0.495 e. The molecular formula is C15H16N2O4. The number of benzene rings is 1. The fourth-order valence-corrected chi connectivity index (χ4v) is 1.97. The van der Waals surface area contributed by atoms with Crippen LogP contribution >= 0.6 is 0 Å². The molecule has 6 nitrogen and oxygen atoms in total. The average Bonchev–Trinajstić information content (AvgIpc) is 2.78. The second kappa shape index (κ2) is 5.70. The van der Waals surface area contributed by atoms with Crippen molar-refractivity contribution in [1.82, 2.24) is 4.57 Å². The van der Waals surface area contributed by atoms with Crippen LogP contribution in [-0.2, 0) is 7.05 Å². The molecule has 0 unspecified atom stereocenters. The highest BCUT2D eigenvalue weighted by Crippen LogP contribution is 2.26. The Balaban J connectivity index is 2.33. The van der Waals surface area contributed by atoms with Crippen LogP contribution in [0.1, 0.15) is 26.5 Å². The lowest BCUT2D eigenvalue weighted by Gasteiger charge is -2.11. The van der Waals surface area contributed by atoms with Crippen LogP contribution in [0.3, 0.4) is 0 Å². The summed E-state index contributed by atoms with van der Waals surface area (Å²) >= 11 is 0. The van der Waals surface area contributed by atoms with Crippen LogP contribution in [0.5, 0.6) is 5.75 Å². The Morgan fingerprint density at radius 1 is 1.24 bits per heavy atom. The van der Waals surface area contributed by atoms with Crippen LogP contribution in [0.2, 0.25) is 0 Å². The van der Waals surface area contributed by atoms with Gasteiger partial charge in [-0.05, 0) is 37.3 Å². The number of hydrogen-bond donors (Lipinski definition) is 2. The van der Waals surface area contributed by atoms with E-state index in [-0.39, 0.29) is 11.5 Å². The lowest BCUT2D eigenvalue weighted by molar-refractivity contribution is 0.0696. The van der Waals surface area contributed by atoms with Gasteiger partial charge in [0.05, 0.1) is 18.4 Å². The predicted octanol–water partition coefficient (Wildman–Crippen LogP) is 2.29. The Hall–Kier alpha value is -2.76. The van der Waals surface area contributed by atoms with E-state index in [0.717, 1.165) is 5.69 Å². The van der Waals surface area contributed by atoms with Gasteiger partial charge < -0.3 is 19.7 Å². The van der Waals surface area contributed by atoms with Crippen LogP contribution in [-0.4, -0.2) is 28.7 Å². The summed E-state index contributed by atoms with van der Waals surface area (Å²) in [7, 11) is 3.24. The molecule has 0 aliphatic heterocycles. The molecule has 1 aromatic carbocycles. The number of nitrogens with one attached hydrogen (secondary N) is 1. The summed E-state index contributed by atoms with van der Waals surface area (Å²) in [4.78, 5) is 23.3. The summed E-state index contributed by atoms with van der Waals surface area (Å²) in [6.45, 7) is 1.89. The van der Waals surface area contributed by atoms with E-state index in [1.165, 1.54) is 25.3 Å². The summed E-state index contributed by atoms with van der Waals surface area (Å²) in [5.74, 6) is -0.992. The van der Waals surface area contributed by atoms with Crippen molar-refractivity contribution in [3.8, 4) is 5.75 Å². The molecule has 0 saturated heterocycles. The van der Waals surface area contributed by atoms with E-state index in [1.807, 2.05) is 13.0 Å². The molecule has 2 rings (SSSR count). The fourth-order valence-electron chi connectivity index (χ4n) is 1.97. The van der Waals surface area contributed by atoms with Gasteiger partial charge in [-0.2, -0.15) is 0 Å². The maximum Gasteiger partial charge on any atom is 0.335 e. The number of carbonyl (C=O) groups is 2. The Morgan fingerprint density at radius 2 is 1.95 bits per heavy atom. The van der Waals surface area contributed by atoms with Crippen molar-refractivity contribution in [3.63, 3.8) is 0 Å². The molecule has 0 fully saturated rings. The van der Waals surface area contributed by atoms with E-state index in [0.29, 0.717) is 17.1 Å². The van der Waals surface area contributed by atoms with Crippen LogP contribution in [0.4, 0.5) is 5.69 Å². The van der Waals surface area contributed by atoms with E-state index in [2.05, 4.69) is 5.32 Å². The lowest BCUT2D eigenvalue weighted by atomic mass is 10.2. The normalized spacial score (nSPS) is 10.2. The zero-order valence-electron chi connectivity index (χ0n) is 12.0. The van der Waals surface area contributed by atoms with Gasteiger partial charge in [0.15, 0.2) is 0 Å². The Morgan fingerprint density at radius 3 is 2.48 bits per heavy atom. The highest BCUT2D eigenvalue weighted by molar-refractivity contribution is 6.04. The van der Waals surface area contributed by atoms with E-state index < -0.39 is 5.97 Å². The molecule has 0 aliphatic carbocycles. The van der Waals surface area contributed by atoms with Crippen LogP contribution < -0.4 is 10.1 Å². The van der Waals surface area contributed by atoms with Crippen molar-refractivity contribution in [2.45, 2.75) is 6.92 Å². The Bertz CT molecular complexity index is 704. The number of methoxy groups -OCH3 is 1. The SMILES string of the molecule is COc1ccc(C(=O)O)cc1NC(=O)c1ccc(C)n1C. The van der Waals surface area contributed by atoms with Crippen molar-refractivity contribution in [2.75, 3.05) is 12.4 Å². The van der Waals surface area contributed by atoms with Gasteiger partial charge in [-0.25, -0.2) is 4.79 Å². The zero-order valence-corrected chi connectivity index (χ0v) is 12.0. The largest absolute Gasteiger partial charge is 0.495 e. The molecule has 0 radical (unpaired) electrons. The number of anilines is 1. The topological polar surface area (TPSA) is 80.6 Å². The number of aromatic nitrogens is 1. The fraction of sp³-hybridized carbons (Fsp3) is 0.200. The molecule has 1 aromatic heterocycles. The zero-order chi connectivity index (χ0) is 15.6. The van der Waals surface area contributed by atoms with Gasteiger partial charge in [0.25, 0.3) is 5.91 Å². The van der Waals surface area contributed by atoms with Gasteiger partial charge in [0.1, 0.15) is 11.4 Å². The number of carbonyl (C=O) groups excluding carboxylic acids is 1. The molecule has 110 valence electrons. The number of carboxylic acid groups (broad SMARTS) is 1. The molecule has 2 N–H and O–H groups in total. The second-order valence-corrected chi connectivity index (χ2v) is 4.59. The van der Waals surface area contributed by atoms with Crippen LogP contribution in [0.25, 0.3) is 0 Å². The van der Waals surface area contributed by atoms with E-state index in [1.54, 1.807) is 17.7 Å². The highest BCUT2D eigenvalue weighted by Gasteiger charge is 2.15. The molecule has 0 aliphatic rings. The molecular weight excluding hydrogens is 272 g/mol. The third kappa shape index (κ3) is 2.89. The van der Waals surface area contributed by atoms with Crippen molar-refractivity contribution < 1.29 is 19.4 Å². The maximum absolute atomic E-state index is 12.3. The van der Waals surface area contributed by atoms with Gasteiger partial charge in [-0.15, -0.1) is 0 Å². The smallest absolute Gasteiger partial charge is 0.335 e. The Kier molecular flexibility index (Phi) is 3.98. The number of nitrogens with zero attached hydrogens (tertiary/aromatic N) is 1. The second-order valence-electron chi connectivity index (χ2n) is 4.59. The lowest BCUT2D eigenvalue weighted by Crippen LogP contribution is -2.17. The summed E-state index contributed by atoms with van der Waals surface area (Å²) in [5.41, 5.74) is 1.83. The molecule has 2 aromatic rings. The summed E-state index contributed by atoms with van der Waals surface area (Å²) < 4.78 is 6.89. The predicted molar refractivity (Wildman–Crippen MR) is 78.1 cm³/mol. The first-order valence-corrected chi connectivity index (χ1v) is 6.29. The summed E-state index contributed by atoms with van der Waals surface area (Å²) in [6.07, 6.45) is 0. The number of hydrogen-bond acceptors (Lipinski definition) is 3. The molecule has 6 heteroatoms. The number of ether oxygens (including phenoxy) is 1. The third-order valence-electron chi connectivity index (χ3n) is 3.30. The molecule has 0 saturated carbocycles. The highest BCUT2D eigenvalue weighted by atomic mass is 16.5. The van der Waals surface area contributed by atoms with Crippen molar-refractivity contribution in [1.29, 1.82) is 0 Å². The first-order valence-electron chi connectivity index (χ1n) is 6.29. The molecule has 21 heavy (non-hydrogen) atoms. The number of carboxylic acids is 1. The number of aryl methyl sites for hydroxylation is 1. The first-order chi connectivity index (χ1) is 9.93. The van der Waals surface area contributed by atoms with Crippen molar-refractivity contribution in [2.24, 2.45) is 7.05 Å². The van der Waals surface area contributed by atoms with Gasteiger partial charge >= 0.3 is 5.97 Å². The summed E-state index contributed by atoms with van der Waals surface area (Å²) in [5, 5.41) is 11.7. The number of aromatic carboxylic acids is 1. The molecule has 1 amide bonds. The van der Waals surface area contributed by atoms with Crippen LogP contribution in [0, 0.1) is 6.92 Å².